The Morgan fingerprint density at radius 3 is 2.75 bits per heavy atom. The molecule has 1 aliphatic carbocycles. The minimum absolute atomic E-state index is 0.0116. The SMILES string of the molecule is CCS(=O)(=O)[C@H]1[C@H](c2ccc3c(c2)OCO3)[C@@]1(N)CO. The van der Waals surface area contributed by atoms with Gasteiger partial charge in [-0.05, 0) is 17.7 Å². The molecule has 0 amide bonds. The molecule has 0 spiro atoms. The molecule has 0 unspecified atom stereocenters. The fourth-order valence-electron chi connectivity index (χ4n) is 2.92. The summed E-state index contributed by atoms with van der Waals surface area (Å²) in [6.07, 6.45) is 0. The molecule has 1 aliphatic heterocycles. The van der Waals surface area contributed by atoms with Crippen LogP contribution in [0.1, 0.15) is 18.4 Å². The Morgan fingerprint density at radius 2 is 2.10 bits per heavy atom. The number of hydrogen-bond donors (Lipinski definition) is 2. The van der Waals surface area contributed by atoms with Crippen molar-refractivity contribution in [2.75, 3.05) is 19.2 Å². The van der Waals surface area contributed by atoms with Crippen molar-refractivity contribution < 1.29 is 23.0 Å². The summed E-state index contributed by atoms with van der Waals surface area (Å²) in [6.45, 7) is 1.38. The highest BCUT2D eigenvalue weighted by molar-refractivity contribution is 7.92. The number of rotatable bonds is 4. The fraction of sp³-hybridized carbons (Fsp3) is 0.538. The average Bonchev–Trinajstić information content (AvgIpc) is 2.83. The van der Waals surface area contributed by atoms with E-state index in [-0.39, 0.29) is 19.2 Å². The molecule has 0 radical (unpaired) electrons. The van der Waals surface area contributed by atoms with Gasteiger partial charge in [-0.3, -0.25) is 0 Å². The average molecular weight is 299 g/mol. The van der Waals surface area contributed by atoms with Gasteiger partial charge in [0.2, 0.25) is 6.79 Å². The summed E-state index contributed by atoms with van der Waals surface area (Å²) in [7, 11) is -3.31. The number of aliphatic hydroxyl groups excluding tert-OH is 1. The number of aliphatic hydroxyl groups is 1. The van der Waals surface area contributed by atoms with E-state index in [1.165, 1.54) is 0 Å². The highest BCUT2D eigenvalue weighted by Gasteiger charge is 2.68. The van der Waals surface area contributed by atoms with Crippen molar-refractivity contribution in [2.45, 2.75) is 23.6 Å². The molecule has 0 aromatic heterocycles. The third-order valence-electron chi connectivity index (χ3n) is 4.12. The molecule has 6 nitrogen and oxygen atoms in total. The van der Waals surface area contributed by atoms with E-state index in [0.717, 1.165) is 5.56 Å². The van der Waals surface area contributed by atoms with Crippen molar-refractivity contribution in [3.63, 3.8) is 0 Å². The van der Waals surface area contributed by atoms with Gasteiger partial charge in [0.05, 0.1) is 17.4 Å². The Balaban J connectivity index is 1.98. The van der Waals surface area contributed by atoms with E-state index in [1.807, 2.05) is 0 Å². The first kappa shape index (κ1) is 13.7. The fourth-order valence-corrected chi connectivity index (χ4v) is 4.92. The van der Waals surface area contributed by atoms with Crippen LogP contribution in [0.2, 0.25) is 0 Å². The van der Waals surface area contributed by atoms with Gasteiger partial charge in [-0.1, -0.05) is 13.0 Å². The summed E-state index contributed by atoms with van der Waals surface area (Å²) in [4.78, 5) is 0. The molecule has 1 fully saturated rings. The Labute approximate surface area is 117 Å². The number of nitrogens with two attached hydrogens (primary N) is 1. The van der Waals surface area contributed by atoms with E-state index in [9.17, 15) is 13.5 Å². The first-order valence-electron chi connectivity index (χ1n) is 6.45. The van der Waals surface area contributed by atoms with E-state index >= 15 is 0 Å². The maximum Gasteiger partial charge on any atom is 0.231 e. The molecule has 1 saturated carbocycles. The molecular formula is C13H17NO5S. The lowest BCUT2D eigenvalue weighted by Gasteiger charge is -2.07. The summed E-state index contributed by atoms with van der Waals surface area (Å²) in [5.41, 5.74) is 5.72. The van der Waals surface area contributed by atoms with Crippen molar-refractivity contribution in [3.05, 3.63) is 23.8 Å². The number of hydrogen-bond acceptors (Lipinski definition) is 6. The first-order valence-corrected chi connectivity index (χ1v) is 8.16. The zero-order chi connectivity index (χ0) is 14.5. The van der Waals surface area contributed by atoms with Gasteiger partial charge in [-0.2, -0.15) is 0 Å². The molecule has 3 rings (SSSR count). The topological polar surface area (TPSA) is 98.9 Å². The van der Waals surface area contributed by atoms with Crippen molar-refractivity contribution in [1.82, 2.24) is 0 Å². The Hall–Kier alpha value is -1.31. The predicted octanol–water partition coefficient (Wildman–Crippen LogP) is 0.00560. The van der Waals surface area contributed by atoms with Crippen LogP contribution in [0.15, 0.2) is 18.2 Å². The Kier molecular flexibility index (Phi) is 2.97. The van der Waals surface area contributed by atoms with Crippen molar-refractivity contribution in [1.29, 1.82) is 0 Å². The summed E-state index contributed by atoms with van der Waals surface area (Å²) in [5.74, 6) is 0.822. The molecule has 1 aromatic carbocycles. The van der Waals surface area contributed by atoms with Gasteiger partial charge in [-0.25, -0.2) is 8.42 Å². The molecule has 20 heavy (non-hydrogen) atoms. The van der Waals surface area contributed by atoms with Crippen molar-refractivity contribution in [2.24, 2.45) is 5.73 Å². The number of sulfone groups is 1. The number of fused-ring (bicyclic) bond motifs is 1. The summed E-state index contributed by atoms with van der Waals surface area (Å²) < 4.78 is 34.7. The molecule has 1 heterocycles. The van der Waals surface area contributed by atoms with Crippen LogP contribution >= 0.6 is 0 Å². The van der Waals surface area contributed by atoms with E-state index in [0.29, 0.717) is 11.5 Å². The van der Waals surface area contributed by atoms with Gasteiger partial charge < -0.3 is 20.3 Å². The molecule has 2 aliphatic rings. The highest BCUT2D eigenvalue weighted by atomic mass is 32.2. The summed E-state index contributed by atoms with van der Waals surface area (Å²) in [5, 5.41) is 8.73. The molecule has 110 valence electrons. The third kappa shape index (κ3) is 1.81. The zero-order valence-electron chi connectivity index (χ0n) is 11.1. The molecule has 0 bridgehead atoms. The smallest absolute Gasteiger partial charge is 0.231 e. The Morgan fingerprint density at radius 1 is 1.40 bits per heavy atom. The largest absolute Gasteiger partial charge is 0.454 e. The van der Waals surface area contributed by atoms with Crippen LogP contribution < -0.4 is 15.2 Å². The van der Waals surface area contributed by atoms with E-state index < -0.39 is 26.5 Å². The van der Waals surface area contributed by atoms with Gasteiger partial charge in [0.15, 0.2) is 21.3 Å². The first-order chi connectivity index (χ1) is 9.44. The summed E-state index contributed by atoms with van der Waals surface area (Å²) >= 11 is 0. The van der Waals surface area contributed by atoms with Crippen molar-refractivity contribution >= 4 is 9.84 Å². The van der Waals surface area contributed by atoms with Crippen LogP contribution in [0.5, 0.6) is 11.5 Å². The minimum atomic E-state index is -3.31. The standard InChI is InChI=1S/C13H17NO5S/c1-2-20(16,17)12-11(13(12,14)6-15)8-3-4-9-10(5-8)19-7-18-9/h3-5,11-12,15H,2,6-7,14H2,1H3/t11-,12-,13-/m0/s1. The predicted molar refractivity (Wildman–Crippen MR) is 72.6 cm³/mol. The zero-order valence-corrected chi connectivity index (χ0v) is 11.9. The van der Waals surface area contributed by atoms with Gasteiger partial charge in [-0.15, -0.1) is 0 Å². The molecule has 7 heteroatoms. The summed E-state index contributed by atoms with van der Waals surface area (Å²) in [6, 6.07) is 5.26. The van der Waals surface area contributed by atoms with Gasteiger partial charge >= 0.3 is 0 Å². The highest BCUT2D eigenvalue weighted by Crippen LogP contribution is 2.55. The maximum absolute atomic E-state index is 12.1. The molecule has 1 aromatic rings. The Bertz CT molecular complexity index is 644. The van der Waals surface area contributed by atoms with Crippen LogP contribution in [-0.2, 0) is 9.84 Å². The lowest BCUT2D eigenvalue weighted by Crippen LogP contribution is -2.35. The van der Waals surface area contributed by atoms with Crippen LogP contribution in [0.4, 0.5) is 0 Å². The van der Waals surface area contributed by atoms with Gasteiger partial charge in [0.1, 0.15) is 0 Å². The van der Waals surface area contributed by atoms with E-state index in [2.05, 4.69) is 0 Å². The molecule has 3 atom stereocenters. The van der Waals surface area contributed by atoms with E-state index in [4.69, 9.17) is 15.2 Å². The second-order valence-corrected chi connectivity index (χ2v) is 7.64. The third-order valence-corrected chi connectivity index (χ3v) is 6.41. The van der Waals surface area contributed by atoms with Gasteiger partial charge in [0, 0.05) is 11.7 Å². The quantitative estimate of drug-likeness (QED) is 0.812. The minimum Gasteiger partial charge on any atom is -0.454 e. The van der Waals surface area contributed by atoms with Crippen molar-refractivity contribution in [3.8, 4) is 11.5 Å². The molecular weight excluding hydrogens is 282 g/mol. The number of benzene rings is 1. The second-order valence-electron chi connectivity index (χ2n) is 5.23. The van der Waals surface area contributed by atoms with Gasteiger partial charge in [0.25, 0.3) is 0 Å². The van der Waals surface area contributed by atoms with E-state index in [1.54, 1.807) is 25.1 Å². The lowest BCUT2D eigenvalue weighted by atomic mass is 10.1. The number of ether oxygens (including phenoxy) is 2. The van der Waals surface area contributed by atoms with Crippen LogP contribution in [0.3, 0.4) is 0 Å². The van der Waals surface area contributed by atoms with Crippen LogP contribution in [0.25, 0.3) is 0 Å². The van der Waals surface area contributed by atoms with Crippen LogP contribution in [-0.4, -0.2) is 43.5 Å². The van der Waals surface area contributed by atoms with Crippen LogP contribution in [0, 0.1) is 0 Å². The molecule has 0 saturated heterocycles. The normalized spacial score (nSPS) is 31.4. The lowest BCUT2D eigenvalue weighted by molar-refractivity contribution is 0.174. The maximum atomic E-state index is 12.1. The monoisotopic (exact) mass is 299 g/mol. The molecule has 3 N–H and O–H groups in total. The second kappa shape index (κ2) is 4.34.